The van der Waals surface area contributed by atoms with Crippen LogP contribution >= 0.6 is 0 Å². The van der Waals surface area contributed by atoms with Crippen molar-refractivity contribution >= 4 is 43.7 Å². The van der Waals surface area contributed by atoms with Crippen molar-refractivity contribution in [1.29, 1.82) is 0 Å². The zero-order chi connectivity index (χ0) is 6.41. The molecule has 0 radical (unpaired) electrons. The maximum atomic E-state index is 10.3. The van der Waals surface area contributed by atoms with Gasteiger partial charge in [-0.25, -0.2) is 0 Å². The van der Waals surface area contributed by atoms with E-state index in [2.05, 4.69) is 4.74 Å². The van der Waals surface area contributed by atoms with Crippen molar-refractivity contribution in [3.63, 3.8) is 0 Å². The summed E-state index contributed by atoms with van der Waals surface area (Å²) in [6.07, 6.45) is 2.55. The van der Waals surface area contributed by atoms with Gasteiger partial charge in [0.2, 0.25) is 0 Å². The van der Waals surface area contributed by atoms with E-state index in [1.807, 2.05) is 6.92 Å². The summed E-state index contributed by atoms with van der Waals surface area (Å²) >= 11 is 0. The van der Waals surface area contributed by atoms with Gasteiger partial charge in [0.15, 0.2) is 0 Å². The zero-order valence-corrected chi connectivity index (χ0v) is 5.44. The maximum absolute atomic E-state index is 10.3. The van der Waals surface area contributed by atoms with Gasteiger partial charge in [0.25, 0.3) is 0 Å². The van der Waals surface area contributed by atoms with Crippen LogP contribution in [0.3, 0.4) is 0 Å². The van der Waals surface area contributed by atoms with E-state index >= 15 is 0 Å². The molecule has 0 spiro atoms. The molecular formula is C6H14CaO2. The fraction of sp³-hybridized carbons (Fsp3) is 0.833. The van der Waals surface area contributed by atoms with Crippen LogP contribution in [0, 0.1) is 0 Å². The third kappa shape index (κ3) is 8.73. The minimum atomic E-state index is -0.105. The molecule has 2 nitrogen and oxygen atoms in total. The summed E-state index contributed by atoms with van der Waals surface area (Å²) in [5, 5.41) is 0. The molecule has 0 aromatic rings. The third-order valence-corrected chi connectivity index (χ3v) is 0.962. The van der Waals surface area contributed by atoms with Gasteiger partial charge >= 0.3 is 43.7 Å². The van der Waals surface area contributed by atoms with Gasteiger partial charge < -0.3 is 4.74 Å². The van der Waals surface area contributed by atoms with Crippen LogP contribution in [-0.2, 0) is 9.53 Å². The first-order valence-corrected chi connectivity index (χ1v) is 2.88. The molecule has 0 heterocycles. The Morgan fingerprint density at radius 2 is 2.11 bits per heavy atom. The molecule has 0 saturated carbocycles. The van der Waals surface area contributed by atoms with Gasteiger partial charge in [-0.3, -0.25) is 4.79 Å². The van der Waals surface area contributed by atoms with E-state index < -0.39 is 0 Å². The van der Waals surface area contributed by atoms with Crippen molar-refractivity contribution in [1.82, 2.24) is 0 Å². The van der Waals surface area contributed by atoms with Gasteiger partial charge in [-0.2, -0.15) is 0 Å². The van der Waals surface area contributed by atoms with Crippen LogP contribution in [0.5, 0.6) is 0 Å². The first-order valence-electron chi connectivity index (χ1n) is 2.88. The average molecular weight is 158 g/mol. The van der Waals surface area contributed by atoms with E-state index in [1.54, 1.807) is 0 Å². The Morgan fingerprint density at radius 3 is 2.44 bits per heavy atom. The van der Waals surface area contributed by atoms with Crippen molar-refractivity contribution in [3.8, 4) is 0 Å². The van der Waals surface area contributed by atoms with E-state index in [0.29, 0.717) is 6.42 Å². The topological polar surface area (TPSA) is 26.3 Å². The second kappa shape index (κ2) is 8.73. The molecule has 0 aromatic carbocycles. The summed E-state index contributed by atoms with van der Waals surface area (Å²) in [5.41, 5.74) is 0. The fourth-order valence-electron chi connectivity index (χ4n) is 0.423. The fourth-order valence-corrected chi connectivity index (χ4v) is 0.423. The Bertz CT molecular complexity index is 73.5. The van der Waals surface area contributed by atoms with Crippen molar-refractivity contribution in [3.05, 3.63) is 0 Å². The molecule has 0 rings (SSSR count). The van der Waals surface area contributed by atoms with Crippen molar-refractivity contribution in [2.24, 2.45) is 0 Å². The Kier molecular flexibility index (Phi) is 12.0. The van der Waals surface area contributed by atoms with E-state index in [9.17, 15) is 4.79 Å². The molecule has 0 aliphatic carbocycles. The molecular weight excluding hydrogens is 144 g/mol. The van der Waals surface area contributed by atoms with Gasteiger partial charge in [-0.1, -0.05) is 13.3 Å². The number of hydrogen-bond acceptors (Lipinski definition) is 2. The number of carbonyl (C=O) groups is 1. The van der Waals surface area contributed by atoms with Crippen LogP contribution in [0.15, 0.2) is 0 Å². The van der Waals surface area contributed by atoms with Gasteiger partial charge in [0, 0.05) is 6.42 Å². The van der Waals surface area contributed by atoms with E-state index in [-0.39, 0.29) is 43.7 Å². The number of rotatable bonds is 3. The standard InChI is InChI=1S/C6H12O2.Ca.2H/c1-3-4-5-6(7)8-2;;;/h3-5H2,1-2H3;;;. The first kappa shape index (κ1) is 12.4. The summed E-state index contributed by atoms with van der Waals surface area (Å²) in [7, 11) is 1.41. The van der Waals surface area contributed by atoms with Gasteiger partial charge in [-0.05, 0) is 6.42 Å². The average Bonchev–Trinajstić information content (AvgIpc) is 1.83. The normalized spacial score (nSPS) is 7.78. The second-order valence-electron chi connectivity index (χ2n) is 1.68. The molecule has 3 heteroatoms. The zero-order valence-electron chi connectivity index (χ0n) is 5.44. The molecule has 0 amide bonds. The Morgan fingerprint density at radius 1 is 1.56 bits per heavy atom. The Labute approximate surface area is 86.0 Å². The number of hydrogen-bond donors (Lipinski definition) is 0. The number of methoxy groups -OCH3 is 1. The van der Waals surface area contributed by atoms with Crippen LogP contribution in [0.1, 0.15) is 26.2 Å². The summed E-state index contributed by atoms with van der Waals surface area (Å²) in [5.74, 6) is -0.105. The number of esters is 1. The van der Waals surface area contributed by atoms with Gasteiger partial charge in [0.05, 0.1) is 7.11 Å². The quantitative estimate of drug-likeness (QED) is 0.440. The molecule has 52 valence electrons. The molecule has 9 heavy (non-hydrogen) atoms. The summed E-state index contributed by atoms with van der Waals surface area (Å²) in [6, 6.07) is 0. The first-order chi connectivity index (χ1) is 3.81. The molecule has 0 fully saturated rings. The molecule has 0 saturated heterocycles. The Balaban J connectivity index is 0. The minimum absolute atomic E-state index is 0. The summed E-state index contributed by atoms with van der Waals surface area (Å²) < 4.78 is 4.41. The van der Waals surface area contributed by atoms with Crippen molar-refractivity contribution in [2.75, 3.05) is 7.11 Å². The Hall–Kier alpha value is 0.730. The molecule has 0 unspecified atom stereocenters. The van der Waals surface area contributed by atoms with Crippen LogP contribution in [0.4, 0.5) is 0 Å². The van der Waals surface area contributed by atoms with Crippen LogP contribution in [0.2, 0.25) is 0 Å². The van der Waals surface area contributed by atoms with Crippen LogP contribution in [-0.4, -0.2) is 50.8 Å². The monoisotopic (exact) mass is 158 g/mol. The van der Waals surface area contributed by atoms with E-state index in [0.717, 1.165) is 12.8 Å². The molecule has 0 atom stereocenters. The van der Waals surface area contributed by atoms with Crippen LogP contribution < -0.4 is 0 Å². The number of ether oxygens (including phenoxy) is 1. The number of unbranched alkanes of at least 4 members (excludes halogenated alkanes) is 1. The predicted molar refractivity (Wildman–Crippen MR) is 40.1 cm³/mol. The van der Waals surface area contributed by atoms with E-state index in [4.69, 9.17) is 0 Å². The van der Waals surface area contributed by atoms with Crippen molar-refractivity contribution in [2.45, 2.75) is 26.2 Å². The molecule has 0 aromatic heterocycles. The summed E-state index contributed by atoms with van der Waals surface area (Å²) in [6.45, 7) is 2.04. The third-order valence-electron chi connectivity index (χ3n) is 0.962. The second-order valence-corrected chi connectivity index (χ2v) is 1.68. The number of carbonyl (C=O) groups excluding carboxylic acids is 1. The molecule has 0 bridgehead atoms. The summed E-state index contributed by atoms with van der Waals surface area (Å²) in [4.78, 5) is 10.3. The van der Waals surface area contributed by atoms with Crippen LogP contribution in [0.25, 0.3) is 0 Å². The SMILES string of the molecule is CCCCC(=O)OC.[CaH2]. The molecule has 0 aliphatic rings. The van der Waals surface area contributed by atoms with Crippen molar-refractivity contribution < 1.29 is 9.53 Å². The van der Waals surface area contributed by atoms with E-state index in [1.165, 1.54) is 7.11 Å². The van der Waals surface area contributed by atoms with Gasteiger partial charge in [-0.15, -0.1) is 0 Å². The predicted octanol–water partition coefficient (Wildman–Crippen LogP) is 0.433. The molecule has 0 aliphatic heterocycles. The van der Waals surface area contributed by atoms with Gasteiger partial charge in [0.1, 0.15) is 0 Å². The molecule has 0 N–H and O–H groups in total.